The first-order valence-electron chi connectivity index (χ1n) is 9.29. The lowest BCUT2D eigenvalue weighted by molar-refractivity contribution is -0.274. The van der Waals surface area contributed by atoms with Gasteiger partial charge < -0.3 is 10.1 Å². The lowest BCUT2D eigenvalue weighted by Crippen LogP contribution is -2.46. The first kappa shape index (κ1) is 22.1. The molecule has 1 amide bonds. The molecule has 9 heteroatoms. The van der Waals surface area contributed by atoms with E-state index in [0.717, 1.165) is 37.9 Å². The van der Waals surface area contributed by atoms with Crippen molar-refractivity contribution in [1.82, 2.24) is 9.62 Å². The molecule has 158 valence electrons. The zero-order chi connectivity index (χ0) is 21.1. The largest absolute Gasteiger partial charge is 0.573 e. The fourth-order valence-corrected chi connectivity index (χ4v) is 5.25. The molecule has 0 saturated carbocycles. The number of nitrogens with one attached hydrogen (secondary N) is 1. The summed E-state index contributed by atoms with van der Waals surface area (Å²) >= 11 is 0. The first-order valence-corrected chi connectivity index (χ1v) is 11.5. The topological polar surface area (TPSA) is 41.6 Å². The maximum atomic E-state index is 13.2. The summed E-state index contributed by atoms with van der Waals surface area (Å²) in [5, 5.41) is 4.79. The summed E-state index contributed by atoms with van der Waals surface area (Å²) in [5.41, 5.74) is 1.61. The van der Waals surface area contributed by atoms with Crippen LogP contribution in [0.25, 0.3) is 5.70 Å². The van der Waals surface area contributed by atoms with Crippen LogP contribution < -0.4 is 10.1 Å². The lowest BCUT2D eigenvalue weighted by atomic mass is 9.74. The smallest absolute Gasteiger partial charge is 0.406 e. The van der Waals surface area contributed by atoms with Crippen molar-refractivity contribution >= 4 is 33.4 Å². The van der Waals surface area contributed by atoms with E-state index in [1.807, 2.05) is 6.92 Å². The Morgan fingerprint density at radius 3 is 2.66 bits per heavy atom. The number of carbonyl (C=O) groups is 1. The van der Waals surface area contributed by atoms with Crippen molar-refractivity contribution in [3.05, 3.63) is 47.4 Å². The normalized spacial score (nSPS) is 20.3. The van der Waals surface area contributed by atoms with Gasteiger partial charge in [-0.25, -0.2) is 4.31 Å². The van der Waals surface area contributed by atoms with Crippen molar-refractivity contribution in [1.29, 1.82) is 0 Å². The van der Waals surface area contributed by atoms with Crippen molar-refractivity contribution in [3.8, 4) is 5.75 Å². The average molecular weight is 445 g/mol. The molecule has 4 nitrogen and oxygen atoms in total. The molecule has 0 atom stereocenters. The highest BCUT2D eigenvalue weighted by molar-refractivity contribution is 8.76. The fourth-order valence-electron chi connectivity index (χ4n) is 3.74. The van der Waals surface area contributed by atoms with E-state index in [9.17, 15) is 18.0 Å². The van der Waals surface area contributed by atoms with Crippen molar-refractivity contribution in [2.45, 2.75) is 39.0 Å². The van der Waals surface area contributed by atoms with Crippen LogP contribution in [0.3, 0.4) is 0 Å². The molecule has 2 aliphatic heterocycles. The Morgan fingerprint density at radius 1 is 1.28 bits per heavy atom. The average Bonchev–Trinajstić information content (AvgIpc) is 2.79. The van der Waals surface area contributed by atoms with Crippen LogP contribution in [0.5, 0.6) is 5.75 Å². The molecule has 2 aliphatic rings. The molecule has 0 bridgehead atoms. The molecule has 0 aromatic heterocycles. The van der Waals surface area contributed by atoms with Gasteiger partial charge in [-0.15, -0.1) is 13.2 Å². The third-order valence-electron chi connectivity index (χ3n) is 5.38. The second-order valence-electron chi connectivity index (χ2n) is 7.23. The van der Waals surface area contributed by atoms with Crippen molar-refractivity contribution in [2.24, 2.45) is 5.41 Å². The zero-order valence-corrected chi connectivity index (χ0v) is 17.7. The number of piperidine rings is 1. The number of alkyl halides is 3. The molecule has 3 rings (SSSR count). The minimum absolute atomic E-state index is 0.0486. The minimum Gasteiger partial charge on any atom is -0.406 e. The van der Waals surface area contributed by atoms with Crippen molar-refractivity contribution in [3.63, 3.8) is 0 Å². The van der Waals surface area contributed by atoms with Crippen molar-refractivity contribution in [2.75, 3.05) is 13.1 Å². The molecule has 29 heavy (non-hydrogen) atoms. The van der Waals surface area contributed by atoms with Gasteiger partial charge in [0.1, 0.15) is 5.75 Å². The fraction of sp³-hybridized carbons (Fsp3) is 0.450. The summed E-state index contributed by atoms with van der Waals surface area (Å²) in [6.07, 6.45) is -1.80. The summed E-state index contributed by atoms with van der Waals surface area (Å²) in [4.78, 5) is 13.2. The number of hydrogen-bond donors (Lipinski definition) is 1. The number of benzene rings is 1. The van der Waals surface area contributed by atoms with Gasteiger partial charge in [0.25, 0.3) is 0 Å². The third-order valence-corrected chi connectivity index (χ3v) is 7.47. The van der Waals surface area contributed by atoms with Crippen LogP contribution in [0.15, 0.2) is 41.8 Å². The van der Waals surface area contributed by atoms with Crippen LogP contribution in [-0.4, -0.2) is 29.7 Å². The molecule has 0 unspecified atom stereocenters. The van der Waals surface area contributed by atoms with Gasteiger partial charge in [0, 0.05) is 24.4 Å². The summed E-state index contributed by atoms with van der Waals surface area (Å²) in [5.74, 6) is -0.346. The van der Waals surface area contributed by atoms with Crippen LogP contribution in [0.4, 0.5) is 13.2 Å². The Kier molecular flexibility index (Phi) is 6.90. The molecule has 1 aromatic rings. The number of amides is 1. The summed E-state index contributed by atoms with van der Waals surface area (Å²) in [6.45, 7) is 7.23. The third kappa shape index (κ3) is 5.52. The van der Waals surface area contributed by atoms with E-state index in [1.165, 1.54) is 18.2 Å². The molecule has 2 heterocycles. The van der Waals surface area contributed by atoms with E-state index < -0.39 is 11.8 Å². The Balaban J connectivity index is 1.75. The van der Waals surface area contributed by atoms with Gasteiger partial charge in [-0.3, -0.25) is 4.79 Å². The maximum Gasteiger partial charge on any atom is 0.573 e. The van der Waals surface area contributed by atoms with E-state index in [0.29, 0.717) is 17.7 Å². The number of ether oxygens (including phenoxy) is 1. The van der Waals surface area contributed by atoms with Crippen LogP contribution in [0.2, 0.25) is 0 Å². The molecule has 1 aromatic carbocycles. The number of allylic oxidation sites excluding steroid dienone is 1. The highest BCUT2D eigenvalue weighted by atomic mass is 33.1. The zero-order valence-electron chi connectivity index (χ0n) is 16.1. The quantitative estimate of drug-likeness (QED) is 0.463. The highest BCUT2D eigenvalue weighted by Crippen LogP contribution is 2.43. The van der Waals surface area contributed by atoms with Gasteiger partial charge in [-0.1, -0.05) is 18.7 Å². The monoisotopic (exact) mass is 444 g/mol. The molecule has 1 N–H and O–H groups in total. The van der Waals surface area contributed by atoms with Crippen LogP contribution in [-0.2, 0) is 4.79 Å². The van der Waals surface area contributed by atoms with E-state index in [1.54, 1.807) is 33.2 Å². The molecule has 1 spiro atoms. The van der Waals surface area contributed by atoms with Crippen molar-refractivity contribution < 1.29 is 22.7 Å². The number of carbonyl (C=O) groups excluding carboxylic acids is 1. The lowest BCUT2D eigenvalue weighted by Gasteiger charge is -2.39. The Bertz CT molecular complexity index is 803. The van der Waals surface area contributed by atoms with Gasteiger partial charge in [-0.2, -0.15) is 0 Å². The minimum atomic E-state index is -4.76. The molecular weight excluding hydrogens is 421 g/mol. The van der Waals surface area contributed by atoms with E-state index in [-0.39, 0.29) is 11.7 Å². The van der Waals surface area contributed by atoms with Gasteiger partial charge >= 0.3 is 6.36 Å². The second kappa shape index (κ2) is 9.06. The number of halogens is 3. The molecular formula is C20H23F3N2O2S2. The van der Waals surface area contributed by atoms with E-state index >= 15 is 0 Å². The van der Waals surface area contributed by atoms with Gasteiger partial charge in [0.05, 0.1) is 5.41 Å². The van der Waals surface area contributed by atoms with Crippen LogP contribution in [0, 0.1) is 5.41 Å². The van der Waals surface area contributed by atoms with Crippen LogP contribution >= 0.6 is 21.8 Å². The highest BCUT2D eigenvalue weighted by Gasteiger charge is 2.43. The molecule has 1 saturated heterocycles. The Labute approximate surface area is 176 Å². The molecule has 1 fully saturated rings. The van der Waals surface area contributed by atoms with Gasteiger partial charge in [0.2, 0.25) is 5.91 Å². The van der Waals surface area contributed by atoms with Gasteiger partial charge in [0.15, 0.2) is 0 Å². The number of rotatable bonds is 5. The predicted octanol–water partition coefficient (Wildman–Crippen LogP) is 5.75. The second-order valence-corrected chi connectivity index (χ2v) is 9.45. The Hall–Kier alpha value is -1.58. The van der Waals surface area contributed by atoms with E-state index in [4.69, 9.17) is 0 Å². The first-order chi connectivity index (χ1) is 13.7. The molecule has 0 aliphatic carbocycles. The predicted molar refractivity (Wildman–Crippen MR) is 112 cm³/mol. The number of hydrogen-bond acceptors (Lipinski definition) is 5. The summed E-state index contributed by atoms with van der Waals surface area (Å²) < 4.78 is 43.9. The summed E-state index contributed by atoms with van der Waals surface area (Å²) in [6, 6.07) is 5.75. The number of nitrogens with zero attached hydrogens (tertiary/aromatic N) is 1. The van der Waals surface area contributed by atoms with E-state index in [2.05, 4.69) is 20.9 Å². The standard InChI is InChI=1S/C20H23F3N2O2S2/c1-3-28-29-25-11-9-19(10-12-25)8-7-14(2)17(24-18(19)26)15-5-4-6-16(13-15)27-20(21,22)23/h3-6,13H,1,7-12H2,2H3,(H,24,26). The van der Waals surface area contributed by atoms with Gasteiger partial charge in [-0.05, 0) is 77.5 Å². The maximum absolute atomic E-state index is 13.2. The van der Waals surface area contributed by atoms with Crippen LogP contribution in [0.1, 0.15) is 38.2 Å². The SMILES string of the molecule is C=CSSN1CCC2(CCC(C)=C(c3cccc(OC(F)(F)F)c3)NC2=O)CC1. The Morgan fingerprint density at radius 2 is 2.00 bits per heavy atom. The summed E-state index contributed by atoms with van der Waals surface area (Å²) in [7, 11) is 3.20. The molecule has 0 radical (unpaired) electrons.